The summed E-state index contributed by atoms with van der Waals surface area (Å²) in [5.41, 5.74) is 8.13. The van der Waals surface area contributed by atoms with Gasteiger partial charge in [-0.05, 0) is 38.5 Å². The summed E-state index contributed by atoms with van der Waals surface area (Å²) >= 11 is 0. The zero-order valence-corrected chi connectivity index (χ0v) is 10.1. The summed E-state index contributed by atoms with van der Waals surface area (Å²) in [6, 6.07) is 5.48. The number of nitrogens with one attached hydrogen (secondary N) is 1. The highest BCUT2D eigenvalue weighted by molar-refractivity contribution is 5.92. The van der Waals surface area contributed by atoms with E-state index in [0.717, 1.165) is 5.56 Å². The standard InChI is InChI=1S/C12H19N3O/c1-4-15(5-2)12(16)14-11-8-9(3)6-7-10(11)13/h6-8H,4-5,13H2,1-3H3,(H,14,16). The second-order valence-electron chi connectivity index (χ2n) is 3.69. The highest BCUT2D eigenvalue weighted by Gasteiger charge is 2.10. The number of amides is 2. The van der Waals surface area contributed by atoms with E-state index in [1.165, 1.54) is 0 Å². The molecule has 16 heavy (non-hydrogen) atoms. The van der Waals surface area contributed by atoms with Gasteiger partial charge < -0.3 is 16.0 Å². The van der Waals surface area contributed by atoms with Gasteiger partial charge in [-0.15, -0.1) is 0 Å². The smallest absolute Gasteiger partial charge is 0.321 e. The van der Waals surface area contributed by atoms with Gasteiger partial charge in [0.25, 0.3) is 0 Å². The molecule has 0 fully saturated rings. The number of rotatable bonds is 3. The summed E-state index contributed by atoms with van der Waals surface area (Å²) in [5, 5.41) is 2.81. The molecule has 88 valence electrons. The van der Waals surface area contributed by atoms with Crippen molar-refractivity contribution in [1.82, 2.24) is 4.90 Å². The number of nitrogens with zero attached hydrogens (tertiary/aromatic N) is 1. The van der Waals surface area contributed by atoms with Crippen LogP contribution in [0, 0.1) is 6.92 Å². The number of benzene rings is 1. The van der Waals surface area contributed by atoms with Crippen molar-refractivity contribution in [2.45, 2.75) is 20.8 Å². The average Bonchev–Trinajstić information content (AvgIpc) is 2.25. The summed E-state index contributed by atoms with van der Waals surface area (Å²) in [6.07, 6.45) is 0. The molecule has 4 heteroatoms. The normalized spacial score (nSPS) is 9.94. The minimum atomic E-state index is -0.109. The molecule has 0 saturated heterocycles. The fourth-order valence-electron chi connectivity index (χ4n) is 1.48. The average molecular weight is 221 g/mol. The van der Waals surface area contributed by atoms with Gasteiger partial charge in [0.2, 0.25) is 0 Å². The van der Waals surface area contributed by atoms with Crippen LogP contribution in [0.1, 0.15) is 19.4 Å². The van der Waals surface area contributed by atoms with Crippen molar-refractivity contribution < 1.29 is 4.79 Å². The van der Waals surface area contributed by atoms with Gasteiger partial charge in [-0.3, -0.25) is 0 Å². The van der Waals surface area contributed by atoms with Gasteiger partial charge >= 0.3 is 6.03 Å². The molecule has 0 bridgehead atoms. The van der Waals surface area contributed by atoms with E-state index in [4.69, 9.17) is 5.73 Å². The SMILES string of the molecule is CCN(CC)C(=O)Nc1cc(C)ccc1N. The molecule has 1 aromatic carbocycles. The van der Waals surface area contributed by atoms with E-state index in [2.05, 4.69) is 5.32 Å². The molecular formula is C12H19N3O. The minimum absolute atomic E-state index is 0.109. The molecule has 2 amide bonds. The van der Waals surface area contributed by atoms with Crippen LogP contribution < -0.4 is 11.1 Å². The molecule has 1 aromatic rings. The molecule has 3 N–H and O–H groups in total. The number of nitrogens with two attached hydrogens (primary N) is 1. The van der Waals surface area contributed by atoms with Crippen LogP contribution in [-0.2, 0) is 0 Å². The topological polar surface area (TPSA) is 58.4 Å². The van der Waals surface area contributed by atoms with Gasteiger partial charge in [0, 0.05) is 13.1 Å². The van der Waals surface area contributed by atoms with Crippen LogP contribution >= 0.6 is 0 Å². The maximum Gasteiger partial charge on any atom is 0.321 e. The molecule has 0 heterocycles. The third-order valence-corrected chi connectivity index (χ3v) is 2.50. The molecular weight excluding hydrogens is 202 g/mol. The summed E-state index contributed by atoms with van der Waals surface area (Å²) in [6.45, 7) is 7.24. The maximum atomic E-state index is 11.8. The molecule has 0 spiro atoms. The monoisotopic (exact) mass is 221 g/mol. The molecule has 0 radical (unpaired) electrons. The number of carbonyl (C=O) groups excluding carboxylic acids is 1. The van der Waals surface area contributed by atoms with E-state index in [1.807, 2.05) is 32.9 Å². The van der Waals surface area contributed by atoms with Gasteiger partial charge in [-0.25, -0.2) is 4.79 Å². The Morgan fingerprint density at radius 1 is 1.38 bits per heavy atom. The predicted molar refractivity (Wildman–Crippen MR) is 67.5 cm³/mol. The van der Waals surface area contributed by atoms with Crippen molar-refractivity contribution in [1.29, 1.82) is 0 Å². The van der Waals surface area contributed by atoms with Crippen molar-refractivity contribution >= 4 is 17.4 Å². The summed E-state index contributed by atoms with van der Waals surface area (Å²) in [7, 11) is 0. The van der Waals surface area contributed by atoms with Crippen molar-refractivity contribution in [2.75, 3.05) is 24.1 Å². The fourth-order valence-corrected chi connectivity index (χ4v) is 1.48. The Kier molecular flexibility index (Phi) is 4.17. The van der Waals surface area contributed by atoms with Crippen LogP contribution in [0.2, 0.25) is 0 Å². The second-order valence-corrected chi connectivity index (χ2v) is 3.69. The molecule has 0 atom stereocenters. The van der Waals surface area contributed by atoms with Crippen molar-refractivity contribution in [3.63, 3.8) is 0 Å². The largest absolute Gasteiger partial charge is 0.397 e. The molecule has 0 aromatic heterocycles. The van der Waals surface area contributed by atoms with Gasteiger partial charge in [0.15, 0.2) is 0 Å². The maximum absolute atomic E-state index is 11.8. The number of hydrogen-bond acceptors (Lipinski definition) is 2. The Labute approximate surface area is 96.4 Å². The number of nitrogen functional groups attached to an aromatic ring is 1. The first-order valence-electron chi connectivity index (χ1n) is 5.50. The minimum Gasteiger partial charge on any atom is -0.397 e. The fraction of sp³-hybridized carbons (Fsp3) is 0.417. The number of carbonyl (C=O) groups is 1. The Balaban J connectivity index is 2.80. The first kappa shape index (κ1) is 12.4. The molecule has 0 unspecified atom stereocenters. The summed E-state index contributed by atoms with van der Waals surface area (Å²) in [5.74, 6) is 0. The molecule has 0 aliphatic heterocycles. The van der Waals surface area contributed by atoms with E-state index in [-0.39, 0.29) is 6.03 Å². The summed E-state index contributed by atoms with van der Waals surface area (Å²) in [4.78, 5) is 13.5. The zero-order chi connectivity index (χ0) is 12.1. The zero-order valence-electron chi connectivity index (χ0n) is 10.1. The van der Waals surface area contributed by atoms with E-state index in [1.54, 1.807) is 11.0 Å². The van der Waals surface area contributed by atoms with Crippen LogP contribution in [0.5, 0.6) is 0 Å². The van der Waals surface area contributed by atoms with E-state index in [9.17, 15) is 4.79 Å². The quantitative estimate of drug-likeness (QED) is 0.770. The Hall–Kier alpha value is -1.71. The van der Waals surface area contributed by atoms with Gasteiger partial charge in [-0.1, -0.05) is 6.07 Å². The first-order valence-corrected chi connectivity index (χ1v) is 5.50. The first-order chi connectivity index (χ1) is 7.58. The lowest BCUT2D eigenvalue weighted by Gasteiger charge is -2.20. The highest BCUT2D eigenvalue weighted by atomic mass is 16.2. The molecule has 0 aliphatic carbocycles. The van der Waals surface area contributed by atoms with Gasteiger partial charge in [0.1, 0.15) is 0 Å². The molecule has 4 nitrogen and oxygen atoms in total. The molecule has 0 saturated carbocycles. The lowest BCUT2D eigenvalue weighted by molar-refractivity contribution is 0.217. The van der Waals surface area contributed by atoms with E-state index < -0.39 is 0 Å². The van der Waals surface area contributed by atoms with Gasteiger partial charge in [0.05, 0.1) is 11.4 Å². The van der Waals surface area contributed by atoms with Crippen molar-refractivity contribution in [3.8, 4) is 0 Å². The van der Waals surface area contributed by atoms with Crippen LogP contribution in [0.4, 0.5) is 16.2 Å². The lowest BCUT2D eigenvalue weighted by atomic mass is 10.2. The third kappa shape index (κ3) is 2.89. The second kappa shape index (κ2) is 5.39. The van der Waals surface area contributed by atoms with E-state index in [0.29, 0.717) is 24.5 Å². The number of anilines is 2. The highest BCUT2D eigenvalue weighted by Crippen LogP contribution is 2.19. The van der Waals surface area contributed by atoms with Crippen molar-refractivity contribution in [2.24, 2.45) is 0 Å². The Morgan fingerprint density at radius 3 is 2.56 bits per heavy atom. The summed E-state index contributed by atoms with van der Waals surface area (Å²) < 4.78 is 0. The lowest BCUT2D eigenvalue weighted by Crippen LogP contribution is -2.34. The number of hydrogen-bond donors (Lipinski definition) is 2. The van der Waals surface area contributed by atoms with Crippen LogP contribution in [0.15, 0.2) is 18.2 Å². The van der Waals surface area contributed by atoms with Crippen molar-refractivity contribution in [3.05, 3.63) is 23.8 Å². The Bertz CT molecular complexity index is 373. The van der Waals surface area contributed by atoms with Crippen LogP contribution in [0.3, 0.4) is 0 Å². The van der Waals surface area contributed by atoms with Crippen LogP contribution in [-0.4, -0.2) is 24.0 Å². The predicted octanol–water partition coefficient (Wildman–Crippen LogP) is 2.45. The van der Waals surface area contributed by atoms with Gasteiger partial charge in [-0.2, -0.15) is 0 Å². The molecule has 0 aliphatic rings. The number of urea groups is 1. The van der Waals surface area contributed by atoms with Crippen LogP contribution in [0.25, 0.3) is 0 Å². The Morgan fingerprint density at radius 2 is 2.00 bits per heavy atom. The number of aryl methyl sites for hydroxylation is 1. The third-order valence-electron chi connectivity index (χ3n) is 2.50. The van der Waals surface area contributed by atoms with E-state index >= 15 is 0 Å². The molecule has 1 rings (SSSR count).